The van der Waals surface area contributed by atoms with Crippen LogP contribution in [0.3, 0.4) is 0 Å². The second kappa shape index (κ2) is 21.0. The summed E-state index contributed by atoms with van der Waals surface area (Å²) in [6, 6.07) is 12.3. The normalized spacial score (nSPS) is 11.7. The SMILES string of the molecule is CC(C)(C)c1ccccn1.CC(C)(C)c1cccnc1.CC(C)(C)c1cnccn1.Cc1c(C)c(C)c(C(C)(C)C)c(C)c1C.Cc1cc(C(C)(C)C)cnc1C. The van der Waals surface area contributed by atoms with Gasteiger partial charge in [-0.3, -0.25) is 24.9 Å². The number of aromatic nitrogens is 5. The van der Waals surface area contributed by atoms with Crippen molar-refractivity contribution in [3.05, 3.63) is 147 Å². The highest BCUT2D eigenvalue weighted by molar-refractivity contribution is 5.51. The van der Waals surface area contributed by atoms with Crippen molar-refractivity contribution >= 4 is 0 Å². The topological polar surface area (TPSA) is 64.5 Å². The van der Waals surface area contributed by atoms with Crippen LogP contribution in [-0.2, 0) is 27.1 Å². The van der Waals surface area contributed by atoms with Gasteiger partial charge in [0.2, 0.25) is 0 Å². The molecule has 312 valence electrons. The van der Waals surface area contributed by atoms with E-state index in [-0.39, 0.29) is 27.1 Å². The van der Waals surface area contributed by atoms with Gasteiger partial charge in [0, 0.05) is 65.6 Å². The van der Waals surface area contributed by atoms with E-state index in [4.69, 9.17) is 0 Å². The summed E-state index contributed by atoms with van der Waals surface area (Å²) in [5.74, 6) is 0. The third-order valence-electron chi connectivity index (χ3n) is 10.2. The lowest BCUT2D eigenvalue weighted by Gasteiger charge is -2.28. The zero-order chi connectivity index (χ0) is 44.2. The summed E-state index contributed by atoms with van der Waals surface area (Å²) < 4.78 is 0. The molecular weight excluding hydrogens is 695 g/mol. The summed E-state index contributed by atoms with van der Waals surface area (Å²) in [6.07, 6.45) is 12.7. The Morgan fingerprint density at radius 3 is 1.18 bits per heavy atom. The van der Waals surface area contributed by atoms with Gasteiger partial charge in [-0.1, -0.05) is 122 Å². The second-order valence-electron chi connectivity index (χ2n) is 20.4. The molecule has 0 N–H and O–H groups in total. The highest BCUT2D eigenvalue weighted by atomic mass is 14.8. The van der Waals surface area contributed by atoms with E-state index in [0.29, 0.717) is 0 Å². The number of nitrogens with zero attached hydrogens (tertiary/aromatic N) is 5. The minimum atomic E-state index is 0.119. The Morgan fingerprint density at radius 2 is 0.860 bits per heavy atom. The van der Waals surface area contributed by atoms with Crippen LogP contribution in [0, 0.1) is 48.5 Å². The zero-order valence-corrected chi connectivity index (χ0v) is 40.2. The van der Waals surface area contributed by atoms with Crippen molar-refractivity contribution in [3.8, 4) is 0 Å². The van der Waals surface area contributed by atoms with E-state index in [1.165, 1.54) is 50.1 Å². The number of benzene rings is 1. The van der Waals surface area contributed by atoms with E-state index in [2.05, 4.69) is 189 Å². The van der Waals surface area contributed by atoms with Crippen LogP contribution >= 0.6 is 0 Å². The lowest BCUT2D eigenvalue weighted by atomic mass is 9.77. The molecular formula is C52H79N5. The average Bonchev–Trinajstić information content (AvgIpc) is 3.11. The fourth-order valence-corrected chi connectivity index (χ4v) is 5.98. The van der Waals surface area contributed by atoms with Crippen molar-refractivity contribution < 1.29 is 0 Å². The highest BCUT2D eigenvalue weighted by Crippen LogP contribution is 2.34. The quantitative estimate of drug-likeness (QED) is 0.157. The van der Waals surface area contributed by atoms with Crippen molar-refractivity contribution in [3.63, 3.8) is 0 Å². The first-order valence-electron chi connectivity index (χ1n) is 20.5. The van der Waals surface area contributed by atoms with Crippen LogP contribution in [0.25, 0.3) is 0 Å². The fraction of sp³-hybridized carbons (Fsp3) is 0.519. The van der Waals surface area contributed by atoms with E-state index < -0.39 is 0 Å². The maximum atomic E-state index is 4.35. The summed E-state index contributed by atoms with van der Waals surface area (Å²) in [7, 11) is 0. The molecule has 1 aromatic carbocycles. The molecule has 0 saturated heterocycles. The molecule has 5 rings (SSSR count). The van der Waals surface area contributed by atoms with Gasteiger partial charge in [0.1, 0.15) is 0 Å². The molecule has 0 bridgehead atoms. The maximum Gasteiger partial charge on any atom is 0.0640 e. The van der Waals surface area contributed by atoms with E-state index in [0.717, 1.165) is 17.1 Å². The van der Waals surface area contributed by atoms with Gasteiger partial charge in [-0.15, -0.1) is 0 Å². The first-order chi connectivity index (χ1) is 25.9. The van der Waals surface area contributed by atoms with E-state index >= 15 is 0 Å². The fourth-order valence-electron chi connectivity index (χ4n) is 5.98. The van der Waals surface area contributed by atoms with Crippen molar-refractivity contribution in [2.75, 3.05) is 0 Å². The van der Waals surface area contributed by atoms with Gasteiger partial charge in [-0.25, -0.2) is 0 Å². The van der Waals surface area contributed by atoms with Crippen LogP contribution in [0.2, 0.25) is 0 Å². The predicted molar refractivity (Wildman–Crippen MR) is 248 cm³/mol. The highest BCUT2D eigenvalue weighted by Gasteiger charge is 2.22. The van der Waals surface area contributed by atoms with Gasteiger partial charge >= 0.3 is 0 Å². The van der Waals surface area contributed by atoms with Crippen LogP contribution < -0.4 is 0 Å². The summed E-state index contributed by atoms with van der Waals surface area (Å²) >= 11 is 0. The van der Waals surface area contributed by atoms with Crippen LogP contribution in [0.5, 0.6) is 0 Å². The molecule has 0 aliphatic carbocycles. The molecule has 0 fully saturated rings. The predicted octanol–water partition coefficient (Wildman–Crippen LogP) is 14.1. The van der Waals surface area contributed by atoms with Gasteiger partial charge in [0.15, 0.2) is 0 Å². The van der Waals surface area contributed by atoms with Gasteiger partial charge in [-0.05, 0) is 133 Å². The Labute approximate surface area is 350 Å². The van der Waals surface area contributed by atoms with Crippen LogP contribution in [0.15, 0.2) is 79.8 Å². The molecule has 5 aromatic rings. The van der Waals surface area contributed by atoms with Crippen molar-refractivity contribution in [1.82, 2.24) is 24.9 Å². The average molecular weight is 774 g/mol. The van der Waals surface area contributed by atoms with Gasteiger partial charge in [-0.2, -0.15) is 0 Å². The Hall–Kier alpha value is -4.25. The van der Waals surface area contributed by atoms with E-state index in [1.807, 2.05) is 43.7 Å². The molecule has 0 aliphatic rings. The number of aryl methyl sites for hydroxylation is 2. The van der Waals surface area contributed by atoms with Crippen LogP contribution in [0.1, 0.15) is 171 Å². The second-order valence-corrected chi connectivity index (χ2v) is 20.4. The summed E-state index contributed by atoms with van der Waals surface area (Å²) in [4.78, 5) is 20.8. The minimum absolute atomic E-state index is 0.119. The number of hydrogen-bond donors (Lipinski definition) is 0. The summed E-state index contributed by atoms with van der Waals surface area (Å²) in [5, 5.41) is 0. The molecule has 5 nitrogen and oxygen atoms in total. The number of rotatable bonds is 0. The van der Waals surface area contributed by atoms with Crippen molar-refractivity contribution in [2.24, 2.45) is 0 Å². The molecule has 57 heavy (non-hydrogen) atoms. The van der Waals surface area contributed by atoms with Gasteiger partial charge in [0.25, 0.3) is 0 Å². The molecule has 0 saturated carbocycles. The minimum Gasteiger partial charge on any atom is -0.264 e. The number of hydrogen-bond acceptors (Lipinski definition) is 5. The maximum absolute atomic E-state index is 4.35. The largest absolute Gasteiger partial charge is 0.264 e. The number of pyridine rings is 3. The third-order valence-corrected chi connectivity index (χ3v) is 10.2. The summed E-state index contributed by atoms with van der Waals surface area (Å²) in [5.41, 5.74) is 17.0. The lowest BCUT2D eigenvalue weighted by Crippen LogP contribution is -2.17. The summed E-state index contributed by atoms with van der Waals surface area (Å²) in [6.45, 7) is 48.3. The smallest absolute Gasteiger partial charge is 0.0640 e. The van der Waals surface area contributed by atoms with Crippen LogP contribution in [0.4, 0.5) is 0 Å². The molecule has 0 atom stereocenters. The third kappa shape index (κ3) is 17.0. The monoisotopic (exact) mass is 774 g/mol. The molecule has 0 unspecified atom stereocenters. The van der Waals surface area contributed by atoms with E-state index in [1.54, 1.807) is 24.8 Å². The molecule has 0 aliphatic heterocycles. The van der Waals surface area contributed by atoms with Gasteiger partial charge < -0.3 is 0 Å². The Balaban J connectivity index is 0.000000360. The Bertz CT molecular complexity index is 1780. The molecule has 0 radical (unpaired) electrons. The van der Waals surface area contributed by atoms with E-state index in [9.17, 15) is 0 Å². The van der Waals surface area contributed by atoms with Crippen molar-refractivity contribution in [1.29, 1.82) is 0 Å². The van der Waals surface area contributed by atoms with Crippen molar-refractivity contribution in [2.45, 2.75) is 179 Å². The zero-order valence-electron chi connectivity index (χ0n) is 40.2. The molecule has 5 heteroatoms. The lowest BCUT2D eigenvalue weighted by molar-refractivity contribution is 0.565. The Morgan fingerprint density at radius 1 is 0.368 bits per heavy atom. The first-order valence-corrected chi connectivity index (χ1v) is 20.5. The standard InChI is InChI=1S/C15H24.C11H17N.2C9H13N.C8H12N2/c1-9-10(2)12(4)14(15(6,7)8)13(5)11(9)3;1-8-6-10(11(3,4)5)7-12-9(8)2;1-9(2,3)8-5-4-6-10-7-8;1-9(2,3)8-6-4-5-7-10-8;1-8(2,3)7-6-9-4-5-10-7/h1-8H3;6-7H,1-5H3;2*4-7H,1-3H3;4-6H,1-3H3. The molecule has 4 aromatic heterocycles. The van der Waals surface area contributed by atoms with Gasteiger partial charge in [0.05, 0.1) is 5.69 Å². The molecule has 4 heterocycles. The van der Waals surface area contributed by atoms with Crippen LogP contribution in [-0.4, -0.2) is 24.9 Å². The Kier molecular flexibility index (Phi) is 18.7. The molecule has 0 amide bonds. The first kappa shape index (κ1) is 50.8. The molecule has 0 spiro atoms.